The van der Waals surface area contributed by atoms with E-state index >= 15 is 0 Å². The van der Waals surface area contributed by atoms with Gasteiger partial charge in [-0.15, -0.1) is 0 Å². The summed E-state index contributed by atoms with van der Waals surface area (Å²) in [6.07, 6.45) is 4.94. The molecule has 0 aromatic heterocycles. The fraction of sp³-hybridized carbons (Fsp3) is 0.900. The van der Waals surface area contributed by atoms with Gasteiger partial charge in [-0.1, -0.05) is 19.8 Å². The van der Waals surface area contributed by atoms with Crippen LogP contribution in [0.2, 0.25) is 0 Å². The van der Waals surface area contributed by atoms with E-state index in [1.807, 2.05) is 0 Å². The number of halogens is 1. The van der Waals surface area contributed by atoms with Gasteiger partial charge in [-0.05, 0) is 18.8 Å². The summed E-state index contributed by atoms with van der Waals surface area (Å²) < 4.78 is 0. The minimum Gasteiger partial charge on any atom is -1.00 e. The van der Waals surface area contributed by atoms with Gasteiger partial charge in [0.15, 0.2) is 0 Å². The van der Waals surface area contributed by atoms with Gasteiger partial charge < -0.3 is 23.2 Å². The Morgan fingerprint density at radius 3 is 2.64 bits per heavy atom. The Morgan fingerprint density at radius 1 is 1.57 bits per heavy atom. The molecule has 3 nitrogen and oxygen atoms in total. The Balaban J connectivity index is 0.00000169. The minimum absolute atomic E-state index is 0. The number of hydrogen-bond acceptors (Lipinski definition) is 1. The summed E-state index contributed by atoms with van der Waals surface area (Å²) in [4.78, 5) is 10.7. The maximum Gasteiger partial charge on any atom is 0.304 e. The molecule has 1 saturated carbocycles. The average Bonchev–Trinajstić information content (AvgIpc) is 2.08. The maximum absolute atomic E-state index is 10.7. The van der Waals surface area contributed by atoms with Gasteiger partial charge in [-0.2, -0.15) is 0 Å². The van der Waals surface area contributed by atoms with Crippen molar-refractivity contribution >= 4 is 5.97 Å². The van der Waals surface area contributed by atoms with Crippen molar-refractivity contribution in [3.8, 4) is 0 Å². The molecule has 4 N–H and O–H groups in total. The van der Waals surface area contributed by atoms with Crippen molar-refractivity contribution in [1.82, 2.24) is 0 Å². The summed E-state index contributed by atoms with van der Waals surface area (Å²) in [5.74, 6) is -0.146. The number of hydrogen-bond donors (Lipinski definition) is 2. The largest absolute Gasteiger partial charge is 1.00 e. The highest BCUT2D eigenvalue weighted by Gasteiger charge is 2.40. The third-order valence-electron chi connectivity index (χ3n) is 3.61. The van der Waals surface area contributed by atoms with Crippen molar-refractivity contribution < 1.29 is 28.0 Å². The van der Waals surface area contributed by atoms with E-state index in [1.165, 1.54) is 19.3 Å². The molecule has 2 atom stereocenters. The molecule has 0 aromatic carbocycles. The van der Waals surface area contributed by atoms with Gasteiger partial charge in [-0.25, -0.2) is 0 Å². The zero-order valence-corrected chi connectivity index (χ0v) is 9.52. The smallest absolute Gasteiger partial charge is 0.304 e. The van der Waals surface area contributed by atoms with Crippen molar-refractivity contribution in [3.63, 3.8) is 0 Å². The van der Waals surface area contributed by atoms with Crippen LogP contribution in [0.15, 0.2) is 0 Å². The monoisotopic (exact) mass is 221 g/mol. The minimum atomic E-state index is -0.669. The van der Waals surface area contributed by atoms with Crippen LogP contribution >= 0.6 is 0 Å². The Bertz CT molecular complexity index is 199. The first-order valence-electron chi connectivity index (χ1n) is 5.12. The zero-order chi connectivity index (χ0) is 9.90. The number of rotatable bonds is 3. The second-order valence-electron chi connectivity index (χ2n) is 4.33. The van der Waals surface area contributed by atoms with Crippen LogP contribution in [-0.2, 0) is 4.79 Å². The van der Waals surface area contributed by atoms with Crippen LogP contribution in [0.1, 0.15) is 39.0 Å². The lowest BCUT2D eigenvalue weighted by Gasteiger charge is -2.39. The molecule has 0 radical (unpaired) electrons. The summed E-state index contributed by atoms with van der Waals surface area (Å²) >= 11 is 0. The second kappa shape index (κ2) is 5.56. The predicted octanol–water partition coefficient (Wildman–Crippen LogP) is -2.10. The lowest BCUT2D eigenvalue weighted by atomic mass is 9.65. The molecule has 1 aliphatic carbocycles. The molecular formula is C10H20ClNO2. The predicted molar refractivity (Wildman–Crippen MR) is 50.1 cm³/mol. The second-order valence-corrected chi connectivity index (χ2v) is 4.33. The maximum atomic E-state index is 10.7. The molecule has 0 unspecified atom stereocenters. The van der Waals surface area contributed by atoms with Crippen molar-refractivity contribution in [3.05, 3.63) is 0 Å². The molecular weight excluding hydrogens is 202 g/mol. The number of carbonyl (C=O) groups is 1. The van der Waals surface area contributed by atoms with Gasteiger partial charge in [0.2, 0.25) is 0 Å². The Hall–Kier alpha value is -0.280. The topological polar surface area (TPSA) is 64.9 Å². The molecule has 4 heteroatoms. The molecule has 1 fully saturated rings. The first-order valence-corrected chi connectivity index (χ1v) is 5.12. The SMILES string of the molecule is C[C@H]1CCCC[C@@]1(C[NH3+])CC(=O)O.[Cl-]. The van der Waals surface area contributed by atoms with Crippen LogP contribution in [0.25, 0.3) is 0 Å². The fourth-order valence-electron chi connectivity index (χ4n) is 2.50. The van der Waals surface area contributed by atoms with Crippen molar-refractivity contribution in [1.29, 1.82) is 0 Å². The van der Waals surface area contributed by atoms with Crippen LogP contribution in [0, 0.1) is 11.3 Å². The molecule has 0 bridgehead atoms. The van der Waals surface area contributed by atoms with Gasteiger partial charge in [-0.3, -0.25) is 4.79 Å². The van der Waals surface area contributed by atoms with E-state index in [0.29, 0.717) is 12.3 Å². The van der Waals surface area contributed by atoms with E-state index in [4.69, 9.17) is 5.11 Å². The van der Waals surface area contributed by atoms with Crippen molar-refractivity contribution in [2.45, 2.75) is 39.0 Å². The summed E-state index contributed by atoms with van der Waals surface area (Å²) in [5, 5.41) is 8.85. The summed E-state index contributed by atoms with van der Waals surface area (Å²) in [6, 6.07) is 0. The molecule has 1 aliphatic rings. The van der Waals surface area contributed by atoms with E-state index in [1.54, 1.807) is 0 Å². The Labute approximate surface area is 91.5 Å². The zero-order valence-electron chi connectivity index (χ0n) is 8.76. The van der Waals surface area contributed by atoms with Gasteiger partial charge in [0.25, 0.3) is 0 Å². The van der Waals surface area contributed by atoms with Gasteiger partial charge >= 0.3 is 5.97 Å². The van der Waals surface area contributed by atoms with Crippen LogP contribution < -0.4 is 18.1 Å². The van der Waals surface area contributed by atoms with Gasteiger partial charge in [0.05, 0.1) is 13.0 Å². The van der Waals surface area contributed by atoms with Gasteiger partial charge in [0, 0.05) is 5.41 Å². The number of aliphatic carboxylic acids is 1. The third kappa shape index (κ3) is 2.85. The fourth-order valence-corrected chi connectivity index (χ4v) is 2.50. The lowest BCUT2D eigenvalue weighted by Crippen LogP contribution is -3.00. The van der Waals surface area contributed by atoms with Crippen LogP contribution in [0.3, 0.4) is 0 Å². The molecule has 14 heavy (non-hydrogen) atoms. The summed E-state index contributed by atoms with van der Waals surface area (Å²) in [7, 11) is 0. The van der Waals surface area contributed by atoms with Crippen molar-refractivity contribution in [2.75, 3.05) is 6.54 Å². The highest BCUT2D eigenvalue weighted by atomic mass is 35.5. The molecule has 0 aromatic rings. The van der Waals surface area contributed by atoms with E-state index < -0.39 is 5.97 Å². The quantitative estimate of drug-likeness (QED) is 0.574. The van der Waals surface area contributed by atoms with Crippen LogP contribution in [0.5, 0.6) is 0 Å². The molecule has 0 heterocycles. The number of quaternary nitrogens is 1. The molecule has 1 rings (SSSR count). The summed E-state index contributed by atoms with van der Waals surface area (Å²) in [5.41, 5.74) is 3.91. The molecule has 0 amide bonds. The standard InChI is InChI=1S/C10H19NO2.ClH/c1-8-4-2-3-5-10(8,7-11)6-9(12)13;/h8H,2-7,11H2,1H3,(H,12,13);1H/t8-,10-;/m0./s1. The number of carboxylic acid groups (broad SMARTS) is 1. The van der Waals surface area contributed by atoms with E-state index in [2.05, 4.69) is 12.7 Å². The normalized spacial score (nSPS) is 32.0. The molecule has 0 aliphatic heterocycles. The summed E-state index contributed by atoms with van der Waals surface area (Å²) in [6.45, 7) is 2.94. The number of carboxylic acids is 1. The Kier molecular flexibility index (Phi) is 5.45. The highest BCUT2D eigenvalue weighted by molar-refractivity contribution is 5.67. The average molecular weight is 222 g/mol. The third-order valence-corrected chi connectivity index (χ3v) is 3.61. The lowest BCUT2D eigenvalue weighted by molar-refractivity contribution is -0.399. The van der Waals surface area contributed by atoms with Gasteiger partial charge in [0.1, 0.15) is 0 Å². The van der Waals surface area contributed by atoms with E-state index in [-0.39, 0.29) is 17.8 Å². The highest BCUT2D eigenvalue weighted by Crippen LogP contribution is 2.42. The molecule has 84 valence electrons. The van der Waals surface area contributed by atoms with E-state index in [9.17, 15) is 4.79 Å². The Morgan fingerprint density at radius 2 is 2.21 bits per heavy atom. The first kappa shape index (κ1) is 13.7. The van der Waals surface area contributed by atoms with Crippen LogP contribution in [-0.4, -0.2) is 17.6 Å². The van der Waals surface area contributed by atoms with E-state index in [0.717, 1.165) is 13.0 Å². The molecule has 0 saturated heterocycles. The first-order chi connectivity index (χ1) is 6.10. The molecule has 0 spiro atoms. The van der Waals surface area contributed by atoms with Crippen LogP contribution in [0.4, 0.5) is 0 Å². The van der Waals surface area contributed by atoms with Crippen molar-refractivity contribution in [2.24, 2.45) is 11.3 Å².